The number of nitrogens with one attached hydrogen (secondary N) is 1. The number of aromatic hydroxyl groups is 1. The number of morpholine rings is 1. The minimum Gasteiger partial charge on any atom is -0.504 e. The monoisotopic (exact) mass is 223 g/mol. The van der Waals surface area contributed by atoms with Gasteiger partial charge in [-0.3, -0.25) is 0 Å². The van der Waals surface area contributed by atoms with E-state index in [1.807, 2.05) is 12.1 Å². The van der Waals surface area contributed by atoms with Crippen molar-refractivity contribution in [2.45, 2.75) is 19.1 Å². The maximum absolute atomic E-state index is 9.49. The fraction of sp³-hybridized carbons (Fsp3) is 0.500. The summed E-state index contributed by atoms with van der Waals surface area (Å²) in [5.41, 5.74) is 1.02. The van der Waals surface area contributed by atoms with Crippen LogP contribution in [-0.4, -0.2) is 31.4 Å². The van der Waals surface area contributed by atoms with E-state index in [0.29, 0.717) is 18.4 Å². The van der Waals surface area contributed by atoms with Crippen molar-refractivity contribution in [3.8, 4) is 11.5 Å². The second-order valence-electron chi connectivity index (χ2n) is 4.06. The van der Waals surface area contributed by atoms with Gasteiger partial charge in [0.05, 0.1) is 19.8 Å². The van der Waals surface area contributed by atoms with Crippen LogP contribution in [0.1, 0.15) is 18.6 Å². The summed E-state index contributed by atoms with van der Waals surface area (Å²) in [7, 11) is 1.54. The lowest BCUT2D eigenvalue weighted by Crippen LogP contribution is -2.40. The Morgan fingerprint density at radius 1 is 1.50 bits per heavy atom. The minimum absolute atomic E-state index is 0.0331. The third kappa shape index (κ3) is 2.28. The second-order valence-corrected chi connectivity index (χ2v) is 4.06. The van der Waals surface area contributed by atoms with Gasteiger partial charge in [-0.2, -0.15) is 0 Å². The van der Waals surface area contributed by atoms with Crippen molar-refractivity contribution >= 4 is 0 Å². The maximum Gasteiger partial charge on any atom is 0.160 e. The van der Waals surface area contributed by atoms with Gasteiger partial charge in [0, 0.05) is 12.6 Å². The number of ether oxygens (including phenoxy) is 2. The number of hydrogen-bond donors (Lipinski definition) is 2. The fourth-order valence-electron chi connectivity index (χ4n) is 1.80. The molecule has 1 saturated heterocycles. The molecule has 2 rings (SSSR count). The highest BCUT2D eigenvalue weighted by atomic mass is 16.5. The highest BCUT2D eigenvalue weighted by Crippen LogP contribution is 2.30. The van der Waals surface area contributed by atoms with Crippen molar-refractivity contribution in [1.82, 2.24) is 5.32 Å². The maximum atomic E-state index is 9.49. The van der Waals surface area contributed by atoms with Crippen LogP contribution in [0.3, 0.4) is 0 Å². The molecule has 1 heterocycles. The lowest BCUT2D eigenvalue weighted by Gasteiger charge is -2.28. The van der Waals surface area contributed by atoms with Crippen LogP contribution in [-0.2, 0) is 4.74 Å². The Morgan fingerprint density at radius 3 is 2.94 bits per heavy atom. The molecule has 1 aliphatic rings. The smallest absolute Gasteiger partial charge is 0.160 e. The molecule has 4 nitrogen and oxygen atoms in total. The van der Waals surface area contributed by atoms with Gasteiger partial charge in [0.2, 0.25) is 0 Å². The van der Waals surface area contributed by atoms with Crippen molar-refractivity contribution in [2.24, 2.45) is 0 Å². The number of benzene rings is 1. The van der Waals surface area contributed by atoms with E-state index < -0.39 is 0 Å². The standard InChI is InChI=1S/C12H17NO3/c1-8-7-16-12(6-13-8)9-3-4-10(14)11(5-9)15-2/h3-5,8,12-14H,6-7H2,1-2H3. The number of hydrogen-bond acceptors (Lipinski definition) is 4. The summed E-state index contributed by atoms with van der Waals surface area (Å²) in [4.78, 5) is 0. The summed E-state index contributed by atoms with van der Waals surface area (Å²) in [6.07, 6.45) is 0.0331. The number of phenols is 1. The first-order chi connectivity index (χ1) is 7.70. The average Bonchev–Trinajstić information content (AvgIpc) is 2.31. The van der Waals surface area contributed by atoms with Crippen LogP contribution in [0.4, 0.5) is 0 Å². The Bertz CT molecular complexity index is 359. The molecule has 0 amide bonds. The van der Waals surface area contributed by atoms with Gasteiger partial charge in [0.25, 0.3) is 0 Å². The molecule has 1 fully saturated rings. The van der Waals surface area contributed by atoms with Gasteiger partial charge in [0.1, 0.15) is 0 Å². The fourth-order valence-corrected chi connectivity index (χ4v) is 1.80. The Kier molecular flexibility index (Phi) is 3.31. The predicted molar refractivity (Wildman–Crippen MR) is 60.8 cm³/mol. The normalized spacial score (nSPS) is 25.4. The molecule has 88 valence electrons. The molecule has 1 aliphatic heterocycles. The van der Waals surface area contributed by atoms with E-state index >= 15 is 0 Å². The van der Waals surface area contributed by atoms with Crippen molar-refractivity contribution in [1.29, 1.82) is 0 Å². The highest BCUT2D eigenvalue weighted by Gasteiger charge is 2.20. The molecule has 2 N–H and O–H groups in total. The average molecular weight is 223 g/mol. The minimum atomic E-state index is 0.0331. The molecule has 0 aliphatic carbocycles. The van der Waals surface area contributed by atoms with Crippen LogP contribution in [0.25, 0.3) is 0 Å². The van der Waals surface area contributed by atoms with Gasteiger partial charge in [-0.15, -0.1) is 0 Å². The Balaban J connectivity index is 2.14. The van der Waals surface area contributed by atoms with Gasteiger partial charge in [-0.1, -0.05) is 6.07 Å². The van der Waals surface area contributed by atoms with Crippen molar-refractivity contribution in [2.75, 3.05) is 20.3 Å². The lowest BCUT2D eigenvalue weighted by atomic mass is 10.1. The van der Waals surface area contributed by atoms with Crippen molar-refractivity contribution in [3.63, 3.8) is 0 Å². The molecule has 0 radical (unpaired) electrons. The van der Waals surface area contributed by atoms with Crippen LogP contribution < -0.4 is 10.1 Å². The number of rotatable bonds is 2. The summed E-state index contributed by atoms with van der Waals surface area (Å²) < 4.78 is 10.8. The number of phenolic OH excluding ortho intramolecular Hbond substituents is 1. The highest BCUT2D eigenvalue weighted by molar-refractivity contribution is 5.42. The first-order valence-corrected chi connectivity index (χ1v) is 5.42. The molecule has 2 unspecified atom stereocenters. The zero-order valence-electron chi connectivity index (χ0n) is 9.56. The summed E-state index contributed by atoms with van der Waals surface area (Å²) in [6, 6.07) is 5.71. The SMILES string of the molecule is COc1cc(C2CNC(C)CO2)ccc1O. The first kappa shape index (κ1) is 11.2. The van der Waals surface area contributed by atoms with E-state index in [9.17, 15) is 5.11 Å². The van der Waals surface area contributed by atoms with Crippen molar-refractivity contribution in [3.05, 3.63) is 23.8 Å². The third-order valence-corrected chi connectivity index (χ3v) is 2.77. The lowest BCUT2D eigenvalue weighted by molar-refractivity contribution is 0.00683. The molecule has 0 spiro atoms. The Hall–Kier alpha value is -1.26. The van der Waals surface area contributed by atoms with Gasteiger partial charge in [-0.25, -0.2) is 0 Å². The molecule has 0 bridgehead atoms. The molecule has 1 aromatic carbocycles. The van der Waals surface area contributed by atoms with E-state index in [4.69, 9.17) is 9.47 Å². The summed E-state index contributed by atoms with van der Waals surface area (Å²) >= 11 is 0. The zero-order valence-corrected chi connectivity index (χ0v) is 9.56. The second kappa shape index (κ2) is 4.72. The Morgan fingerprint density at radius 2 is 2.31 bits per heavy atom. The van der Waals surface area contributed by atoms with E-state index in [-0.39, 0.29) is 11.9 Å². The van der Waals surface area contributed by atoms with E-state index in [0.717, 1.165) is 12.1 Å². The van der Waals surface area contributed by atoms with Gasteiger partial charge in [-0.05, 0) is 24.6 Å². The third-order valence-electron chi connectivity index (χ3n) is 2.77. The van der Waals surface area contributed by atoms with Crippen LogP contribution in [0.2, 0.25) is 0 Å². The van der Waals surface area contributed by atoms with E-state index in [2.05, 4.69) is 12.2 Å². The predicted octanol–water partition coefficient (Wildman–Crippen LogP) is 1.45. The molecule has 0 saturated carbocycles. The van der Waals surface area contributed by atoms with Crippen LogP contribution >= 0.6 is 0 Å². The largest absolute Gasteiger partial charge is 0.504 e. The van der Waals surface area contributed by atoms with Gasteiger partial charge in [0.15, 0.2) is 11.5 Å². The summed E-state index contributed by atoms with van der Waals surface area (Å²) in [5.74, 6) is 0.642. The first-order valence-electron chi connectivity index (χ1n) is 5.42. The molecule has 4 heteroatoms. The van der Waals surface area contributed by atoms with Gasteiger partial charge >= 0.3 is 0 Å². The zero-order chi connectivity index (χ0) is 11.5. The summed E-state index contributed by atoms with van der Waals surface area (Å²) in [6.45, 7) is 3.58. The topological polar surface area (TPSA) is 50.7 Å². The van der Waals surface area contributed by atoms with E-state index in [1.165, 1.54) is 0 Å². The summed E-state index contributed by atoms with van der Waals surface area (Å²) in [5, 5.41) is 12.8. The quantitative estimate of drug-likeness (QED) is 0.796. The molecule has 0 aromatic heterocycles. The van der Waals surface area contributed by atoms with Gasteiger partial charge < -0.3 is 19.9 Å². The van der Waals surface area contributed by atoms with Crippen LogP contribution in [0, 0.1) is 0 Å². The molecule has 16 heavy (non-hydrogen) atoms. The van der Waals surface area contributed by atoms with E-state index in [1.54, 1.807) is 13.2 Å². The molecular formula is C12H17NO3. The molecule has 2 atom stereocenters. The molecular weight excluding hydrogens is 206 g/mol. The Labute approximate surface area is 95.2 Å². The number of methoxy groups -OCH3 is 1. The van der Waals surface area contributed by atoms with Crippen molar-refractivity contribution < 1.29 is 14.6 Å². The van der Waals surface area contributed by atoms with Crippen LogP contribution in [0.5, 0.6) is 11.5 Å². The van der Waals surface area contributed by atoms with Crippen LogP contribution in [0.15, 0.2) is 18.2 Å². The molecule has 1 aromatic rings.